The van der Waals surface area contributed by atoms with Crippen molar-refractivity contribution in [2.45, 2.75) is 0 Å². The third-order valence-corrected chi connectivity index (χ3v) is 1.92. The van der Waals surface area contributed by atoms with E-state index >= 15 is 0 Å². The lowest BCUT2D eigenvalue weighted by atomic mass is 10.1. The molecule has 0 N–H and O–H groups in total. The van der Waals surface area contributed by atoms with E-state index in [1.54, 1.807) is 6.07 Å². The van der Waals surface area contributed by atoms with Crippen LogP contribution in [-0.4, -0.2) is 0 Å². The molecule has 0 fully saturated rings. The molecule has 2 rings (SSSR count). The fourth-order valence-electron chi connectivity index (χ4n) is 1.06. The molecule has 0 aromatic heterocycles. The molecule has 2 radical (unpaired) electrons. The molecule has 0 bridgehead atoms. The number of hydrogen-bond donors (Lipinski definition) is 0. The second-order valence-corrected chi connectivity index (χ2v) is 2.72. The summed E-state index contributed by atoms with van der Waals surface area (Å²) in [4.78, 5) is 0. The summed E-state index contributed by atoms with van der Waals surface area (Å²) >= 11 is 5.91. The maximum absolute atomic E-state index is 5.91. The van der Waals surface area contributed by atoms with Crippen molar-refractivity contribution in [3.05, 3.63) is 47.5 Å². The maximum atomic E-state index is 5.91. The van der Waals surface area contributed by atoms with Crippen LogP contribution in [0.15, 0.2) is 30.3 Å². The molecule has 0 spiro atoms. The number of rotatable bonds is 0. The van der Waals surface area contributed by atoms with Gasteiger partial charge in [0.25, 0.3) is 0 Å². The van der Waals surface area contributed by atoms with Crippen molar-refractivity contribution in [3.63, 3.8) is 0 Å². The first kappa shape index (κ1) is 6.68. The molecule has 52 valence electrons. The molecular formula is C10H5Cl. The second-order valence-electron chi connectivity index (χ2n) is 2.32. The molecule has 1 heteroatoms. The molecule has 2 aromatic carbocycles. The highest BCUT2D eigenvalue weighted by atomic mass is 35.5. The van der Waals surface area contributed by atoms with Crippen molar-refractivity contribution in [1.82, 2.24) is 0 Å². The summed E-state index contributed by atoms with van der Waals surface area (Å²) < 4.78 is 0. The smallest absolute Gasteiger partial charge is 0.0490 e. The van der Waals surface area contributed by atoms with Crippen LogP contribution < -0.4 is 0 Å². The first-order chi connectivity index (χ1) is 5.38. The van der Waals surface area contributed by atoms with E-state index in [-0.39, 0.29) is 0 Å². The Labute approximate surface area is 70.4 Å². The van der Waals surface area contributed by atoms with Crippen molar-refractivity contribution in [2.75, 3.05) is 0 Å². The average Bonchev–Trinajstić information content (AvgIpc) is 2.06. The lowest BCUT2D eigenvalue weighted by Gasteiger charge is -1.96. The number of halogens is 1. The Kier molecular flexibility index (Phi) is 1.55. The van der Waals surface area contributed by atoms with E-state index in [4.69, 9.17) is 11.6 Å². The zero-order valence-electron chi connectivity index (χ0n) is 5.76. The zero-order valence-corrected chi connectivity index (χ0v) is 6.52. The Morgan fingerprint density at radius 1 is 1.09 bits per heavy atom. The van der Waals surface area contributed by atoms with E-state index in [2.05, 4.69) is 12.1 Å². The van der Waals surface area contributed by atoms with E-state index in [0.29, 0.717) is 0 Å². The van der Waals surface area contributed by atoms with Gasteiger partial charge in [0.1, 0.15) is 0 Å². The van der Waals surface area contributed by atoms with Gasteiger partial charge in [-0.05, 0) is 35.7 Å². The number of fused-ring (bicyclic) bond motifs is 1. The van der Waals surface area contributed by atoms with E-state index in [0.717, 1.165) is 15.8 Å². The topological polar surface area (TPSA) is 0 Å². The van der Waals surface area contributed by atoms with Gasteiger partial charge in [0.05, 0.1) is 0 Å². The minimum Gasteiger partial charge on any atom is -0.0836 e. The lowest BCUT2D eigenvalue weighted by Crippen LogP contribution is -1.71. The van der Waals surface area contributed by atoms with Crippen LogP contribution in [-0.2, 0) is 0 Å². The van der Waals surface area contributed by atoms with Crippen LogP contribution in [0, 0.1) is 12.1 Å². The Balaban J connectivity index is 2.91. The van der Waals surface area contributed by atoms with E-state index in [9.17, 15) is 0 Å². The van der Waals surface area contributed by atoms with Gasteiger partial charge in [0.2, 0.25) is 0 Å². The molecule has 0 saturated carbocycles. The van der Waals surface area contributed by atoms with E-state index < -0.39 is 0 Å². The maximum Gasteiger partial charge on any atom is 0.0490 e. The first-order valence-corrected chi connectivity index (χ1v) is 3.71. The van der Waals surface area contributed by atoms with Crippen molar-refractivity contribution < 1.29 is 0 Å². The summed E-state index contributed by atoms with van der Waals surface area (Å²) in [7, 11) is 0. The Morgan fingerprint density at radius 3 is 2.82 bits per heavy atom. The molecule has 0 unspecified atom stereocenters. The molecular weight excluding hydrogens is 156 g/mol. The van der Waals surface area contributed by atoms with Gasteiger partial charge < -0.3 is 0 Å². The molecule has 0 aliphatic heterocycles. The van der Waals surface area contributed by atoms with Crippen molar-refractivity contribution in [1.29, 1.82) is 0 Å². The Hall–Kier alpha value is -1.01. The summed E-state index contributed by atoms with van der Waals surface area (Å²) in [5, 5.41) is 2.88. The van der Waals surface area contributed by atoms with Crippen molar-refractivity contribution >= 4 is 22.4 Å². The molecule has 0 aliphatic rings. The zero-order chi connectivity index (χ0) is 7.68. The van der Waals surface area contributed by atoms with Crippen molar-refractivity contribution in [2.24, 2.45) is 0 Å². The Bertz CT molecular complexity index is 374. The fourth-order valence-corrected chi connectivity index (χ4v) is 1.28. The SMILES string of the molecule is Clc1c[c]cc2cc[c]cc12. The van der Waals surface area contributed by atoms with Crippen LogP contribution in [0.3, 0.4) is 0 Å². The highest BCUT2D eigenvalue weighted by Gasteiger charge is 1.94. The van der Waals surface area contributed by atoms with Gasteiger partial charge in [-0.3, -0.25) is 0 Å². The van der Waals surface area contributed by atoms with Gasteiger partial charge >= 0.3 is 0 Å². The molecule has 0 heterocycles. The molecule has 0 atom stereocenters. The molecule has 11 heavy (non-hydrogen) atoms. The molecule has 2 aromatic rings. The third kappa shape index (κ3) is 1.10. The van der Waals surface area contributed by atoms with Gasteiger partial charge in [-0.25, -0.2) is 0 Å². The van der Waals surface area contributed by atoms with Crippen LogP contribution in [0.5, 0.6) is 0 Å². The predicted molar refractivity (Wildman–Crippen MR) is 46.6 cm³/mol. The summed E-state index contributed by atoms with van der Waals surface area (Å²) in [5.41, 5.74) is 0. The first-order valence-electron chi connectivity index (χ1n) is 3.33. The van der Waals surface area contributed by atoms with Crippen LogP contribution in [0.25, 0.3) is 10.8 Å². The standard InChI is InChI=1S/C10H5Cl/c11-10-7-3-5-8-4-1-2-6-9(8)10/h1,4-7H. The van der Waals surface area contributed by atoms with Crippen LogP contribution in [0.2, 0.25) is 5.02 Å². The van der Waals surface area contributed by atoms with E-state index in [1.165, 1.54) is 0 Å². The van der Waals surface area contributed by atoms with Crippen LogP contribution >= 0.6 is 11.6 Å². The Morgan fingerprint density at radius 2 is 2.00 bits per heavy atom. The van der Waals surface area contributed by atoms with E-state index in [1.807, 2.05) is 24.3 Å². The summed E-state index contributed by atoms with van der Waals surface area (Å²) in [6, 6.07) is 15.3. The monoisotopic (exact) mass is 160 g/mol. The molecule has 0 saturated heterocycles. The average molecular weight is 161 g/mol. The van der Waals surface area contributed by atoms with Crippen molar-refractivity contribution in [3.8, 4) is 0 Å². The van der Waals surface area contributed by atoms with Gasteiger partial charge in [-0.1, -0.05) is 23.7 Å². The third-order valence-electron chi connectivity index (χ3n) is 1.60. The van der Waals surface area contributed by atoms with Gasteiger partial charge in [0.15, 0.2) is 0 Å². The quantitative estimate of drug-likeness (QED) is 0.556. The normalized spacial score (nSPS) is 10.3. The summed E-state index contributed by atoms with van der Waals surface area (Å²) in [6.07, 6.45) is 0. The molecule has 0 nitrogen and oxygen atoms in total. The number of hydrogen-bond acceptors (Lipinski definition) is 0. The molecule has 0 amide bonds. The minimum absolute atomic E-state index is 0.736. The highest BCUT2D eigenvalue weighted by molar-refractivity contribution is 6.35. The lowest BCUT2D eigenvalue weighted by molar-refractivity contribution is 1.72. The largest absolute Gasteiger partial charge is 0.0836 e. The minimum atomic E-state index is 0.736. The summed E-state index contributed by atoms with van der Waals surface area (Å²) in [5.74, 6) is 0. The number of benzene rings is 2. The van der Waals surface area contributed by atoms with Crippen LogP contribution in [0.4, 0.5) is 0 Å². The second kappa shape index (κ2) is 2.55. The van der Waals surface area contributed by atoms with Gasteiger partial charge in [-0.2, -0.15) is 0 Å². The highest BCUT2D eigenvalue weighted by Crippen LogP contribution is 2.21. The fraction of sp³-hybridized carbons (Fsp3) is 0. The van der Waals surface area contributed by atoms with Crippen LogP contribution in [0.1, 0.15) is 0 Å². The molecule has 0 aliphatic carbocycles. The van der Waals surface area contributed by atoms with Gasteiger partial charge in [0, 0.05) is 10.4 Å². The van der Waals surface area contributed by atoms with Gasteiger partial charge in [-0.15, -0.1) is 0 Å². The predicted octanol–water partition coefficient (Wildman–Crippen LogP) is 3.09. The summed E-state index contributed by atoms with van der Waals surface area (Å²) in [6.45, 7) is 0.